The summed E-state index contributed by atoms with van der Waals surface area (Å²) in [7, 11) is 0. The van der Waals surface area contributed by atoms with E-state index >= 15 is 0 Å². The fourth-order valence-corrected chi connectivity index (χ4v) is 2.74. The number of fused-ring (bicyclic) bond motifs is 1. The van der Waals surface area contributed by atoms with E-state index in [1.165, 1.54) is 18.2 Å². The SMILES string of the molecule is Cc1c(C(N)c2ccc(Br)cc2F)oc2cc(F)ccc12. The molecular weight excluding hydrogens is 340 g/mol. The maximum atomic E-state index is 14.0. The fraction of sp³-hybridized carbons (Fsp3) is 0.125. The average molecular weight is 352 g/mol. The van der Waals surface area contributed by atoms with Gasteiger partial charge < -0.3 is 10.2 Å². The Labute approximate surface area is 128 Å². The minimum absolute atomic E-state index is 0.334. The van der Waals surface area contributed by atoms with Crippen LogP contribution in [0.15, 0.2) is 45.3 Å². The van der Waals surface area contributed by atoms with E-state index in [-0.39, 0.29) is 5.82 Å². The summed E-state index contributed by atoms with van der Waals surface area (Å²) in [5.74, 6) is -0.356. The van der Waals surface area contributed by atoms with Crippen LogP contribution >= 0.6 is 15.9 Å². The van der Waals surface area contributed by atoms with Gasteiger partial charge in [0.2, 0.25) is 0 Å². The minimum atomic E-state index is -0.742. The molecule has 0 aliphatic carbocycles. The van der Waals surface area contributed by atoms with Crippen molar-refractivity contribution in [1.82, 2.24) is 0 Å². The van der Waals surface area contributed by atoms with Crippen LogP contribution in [0.4, 0.5) is 8.78 Å². The molecule has 2 N–H and O–H groups in total. The molecule has 21 heavy (non-hydrogen) atoms. The number of rotatable bonds is 2. The molecule has 108 valence electrons. The molecule has 0 bridgehead atoms. The second-order valence-corrected chi connectivity index (χ2v) is 5.79. The van der Waals surface area contributed by atoms with Crippen LogP contribution in [0.25, 0.3) is 11.0 Å². The van der Waals surface area contributed by atoms with E-state index in [0.717, 1.165) is 10.9 Å². The van der Waals surface area contributed by atoms with Crippen molar-refractivity contribution in [2.24, 2.45) is 5.73 Å². The zero-order valence-electron chi connectivity index (χ0n) is 11.2. The summed E-state index contributed by atoms with van der Waals surface area (Å²) in [5, 5.41) is 0.777. The summed E-state index contributed by atoms with van der Waals surface area (Å²) in [6, 6.07) is 8.24. The Kier molecular flexibility index (Phi) is 3.55. The molecule has 0 radical (unpaired) electrons. The van der Waals surface area contributed by atoms with Crippen LogP contribution in [0.2, 0.25) is 0 Å². The van der Waals surface area contributed by atoms with Gasteiger partial charge in [0.1, 0.15) is 23.0 Å². The van der Waals surface area contributed by atoms with Crippen molar-refractivity contribution in [3.63, 3.8) is 0 Å². The zero-order valence-corrected chi connectivity index (χ0v) is 12.7. The molecule has 1 aromatic heterocycles. The Morgan fingerprint density at radius 1 is 1.14 bits per heavy atom. The topological polar surface area (TPSA) is 39.2 Å². The molecule has 1 heterocycles. The van der Waals surface area contributed by atoms with Gasteiger partial charge in [-0.25, -0.2) is 8.78 Å². The summed E-state index contributed by atoms with van der Waals surface area (Å²) in [6.45, 7) is 1.83. The lowest BCUT2D eigenvalue weighted by atomic mass is 10.0. The normalized spacial score (nSPS) is 12.8. The van der Waals surface area contributed by atoms with E-state index in [2.05, 4.69) is 15.9 Å². The predicted molar refractivity (Wildman–Crippen MR) is 81.0 cm³/mol. The predicted octanol–water partition coefficient (Wildman–Crippen LogP) is 4.83. The number of nitrogens with two attached hydrogens (primary N) is 1. The van der Waals surface area contributed by atoms with Crippen molar-refractivity contribution in [2.75, 3.05) is 0 Å². The van der Waals surface area contributed by atoms with Crippen molar-refractivity contribution in [1.29, 1.82) is 0 Å². The third kappa shape index (κ3) is 2.47. The molecule has 0 amide bonds. The highest BCUT2D eigenvalue weighted by atomic mass is 79.9. The summed E-state index contributed by atoms with van der Waals surface area (Å²) in [6.07, 6.45) is 0. The van der Waals surface area contributed by atoms with Gasteiger partial charge in [0.25, 0.3) is 0 Å². The number of aryl methyl sites for hydroxylation is 1. The third-order valence-electron chi connectivity index (χ3n) is 3.52. The van der Waals surface area contributed by atoms with Crippen LogP contribution in [0.3, 0.4) is 0 Å². The highest BCUT2D eigenvalue weighted by Crippen LogP contribution is 2.33. The monoisotopic (exact) mass is 351 g/mol. The van der Waals surface area contributed by atoms with Gasteiger partial charge in [-0.1, -0.05) is 22.0 Å². The summed E-state index contributed by atoms with van der Waals surface area (Å²) in [4.78, 5) is 0. The van der Waals surface area contributed by atoms with E-state index in [1.807, 2.05) is 6.92 Å². The first kappa shape index (κ1) is 14.2. The molecule has 1 atom stereocenters. The second-order valence-electron chi connectivity index (χ2n) is 4.88. The second kappa shape index (κ2) is 5.24. The number of furan rings is 1. The van der Waals surface area contributed by atoms with Crippen LogP contribution in [0.1, 0.15) is 22.9 Å². The van der Waals surface area contributed by atoms with E-state index in [9.17, 15) is 8.78 Å². The van der Waals surface area contributed by atoms with Gasteiger partial charge in [-0.05, 0) is 31.2 Å². The van der Waals surface area contributed by atoms with Gasteiger partial charge in [-0.2, -0.15) is 0 Å². The van der Waals surface area contributed by atoms with Crippen LogP contribution in [0.5, 0.6) is 0 Å². The number of hydrogen-bond donors (Lipinski definition) is 1. The Bertz CT molecular complexity index is 829. The summed E-state index contributed by atoms with van der Waals surface area (Å²) in [5.41, 5.74) is 7.67. The minimum Gasteiger partial charge on any atom is -0.459 e. The molecule has 3 aromatic rings. The molecule has 0 aliphatic rings. The van der Waals surface area contributed by atoms with Gasteiger partial charge in [0.05, 0.1) is 6.04 Å². The zero-order chi connectivity index (χ0) is 15.1. The standard InChI is InChI=1S/C16H12BrF2NO/c1-8-11-5-3-10(18)7-14(11)21-16(8)15(20)12-4-2-9(17)6-13(12)19/h2-7,15H,20H2,1H3. The molecule has 3 rings (SSSR count). The average Bonchev–Trinajstić information content (AvgIpc) is 2.75. The first-order valence-corrected chi connectivity index (χ1v) is 7.15. The van der Waals surface area contributed by atoms with Gasteiger partial charge in [-0.15, -0.1) is 0 Å². The van der Waals surface area contributed by atoms with E-state index < -0.39 is 11.9 Å². The maximum absolute atomic E-state index is 14.0. The van der Waals surface area contributed by atoms with Crippen LogP contribution in [0, 0.1) is 18.6 Å². The highest BCUT2D eigenvalue weighted by Gasteiger charge is 2.21. The van der Waals surface area contributed by atoms with Gasteiger partial charge in [0, 0.05) is 27.1 Å². The molecule has 0 saturated heterocycles. The van der Waals surface area contributed by atoms with Crippen molar-refractivity contribution < 1.29 is 13.2 Å². The lowest BCUT2D eigenvalue weighted by Crippen LogP contribution is -2.13. The highest BCUT2D eigenvalue weighted by molar-refractivity contribution is 9.10. The number of hydrogen-bond acceptors (Lipinski definition) is 2. The van der Waals surface area contributed by atoms with Gasteiger partial charge in [-0.3, -0.25) is 0 Å². The fourth-order valence-electron chi connectivity index (χ4n) is 2.41. The van der Waals surface area contributed by atoms with Gasteiger partial charge >= 0.3 is 0 Å². The Balaban J connectivity index is 2.13. The lowest BCUT2D eigenvalue weighted by molar-refractivity contribution is 0.504. The smallest absolute Gasteiger partial charge is 0.137 e. The number of benzene rings is 2. The molecule has 0 saturated carbocycles. The molecule has 2 aromatic carbocycles. The molecule has 2 nitrogen and oxygen atoms in total. The van der Waals surface area contributed by atoms with Crippen LogP contribution < -0.4 is 5.73 Å². The van der Waals surface area contributed by atoms with Crippen molar-refractivity contribution in [3.05, 3.63) is 69.4 Å². The van der Waals surface area contributed by atoms with E-state index in [0.29, 0.717) is 21.4 Å². The molecule has 5 heteroatoms. The molecular formula is C16H12BrF2NO. The van der Waals surface area contributed by atoms with Gasteiger partial charge in [0.15, 0.2) is 0 Å². The summed E-state index contributed by atoms with van der Waals surface area (Å²) < 4.78 is 33.6. The largest absolute Gasteiger partial charge is 0.459 e. The van der Waals surface area contributed by atoms with Crippen molar-refractivity contribution in [3.8, 4) is 0 Å². The Hall–Kier alpha value is -1.72. The number of halogens is 3. The third-order valence-corrected chi connectivity index (χ3v) is 4.01. The van der Waals surface area contributed by atoms with E-state index in [1.54, 1.807) is 18.2 Å². The first-order chi connectivity index (χ1) is 9.97. The lowest BCUT2D eigenvalue weighted by Gasteiger charge is -2.11. The molecule has 0 aliphatic heterocycles. The van der Waals surface area contributed by atoms with Crippen molar-refractivity contribution >= 4 is 26.9 Å². The maximum Gasteiger partial charge on any atom is 0.137 e. The molecule has 0 fully saturated rings. The molecule has 0 spiro atoms. The molecule has 1 unspecified atom stereocenters. The summed E-state index contributed by atoms with van der Waals surface area (Å²) >= 11 is 3.21. The Morgan fingerprint density at radius 2 is 1.90 bits per heavy atom. The van der Waals surface area contributed by atoms with E-state index in [4.69, 9.17) is 10.2 Å². The van der Waals surface area contributed by atoms with Crippen LogP contribution in [-0.4, -0.2) is 0 Å². The first-order valence-electron chi connectivity index (χ1n) is 6.36. The Morgan fingerprint density at radius 3 is 2.62 bits per heavy atom. The van der Waals surface area contributed by atoms with Crippen LogP contribution in [-0.2, 0) is 0 Å². The van der Waals surface area contributed by atoms with Crippen molar-refractivity contribution in [2.45, 2.75) is 13.0 Å². The quantitative estimate of drug-likeness (QED) is 0.718.